The van der Waals surface area contributed by atoms with Gasteiger partial charge in [-0.2, -0.15) is 0 Å². The number of amides is 1. The van der Waals surface area contributed by atoms with E-state index in [1.807, 2.05) is 12.1 Å². The number of nitrogens with zero attached hydrogens (tertiary/aromatic N) is 1. The Hall–Kier alpha value is -2.83. The van der Waals surface area contributed by atoms with Gasteiger partial charge in [-0.25, -0.2) is 0 Å². The maximum Gasteiger partial charge on any atom is 0.256 e. The summed E-state index contributed by atoms with van der Waals surface area (Å²) in [6, 6.07) is 13.6. The van der Waals surface area contributed by atoms with Crippen molar-refractivity contribution in [2.24, 2.45) is 0 Å². The number of aromatic nitrogens is 1. The van der Waals surface area contributed by atoms with Crippen LogP contribution in [-0.2, 0) is 0 Å². The van der Waals surface area contributed by atoms with Crippen LogP contribution in [0.2, 0.25) is 5.02 Å². The number of piperidine rings is 1. The van der Waals surface area contributed by atoms with Crippen molar-refractivity contribution >= 4 is 34.1 Å². The van der Waals surface area contributed by atoms with Gasteiger partial charge in [0, 0.05) is 40.3 Å². The molecule has 156 valence electrons. The summed E-state index contributed by atoms with van der Waals surface area (Å²) in [6.45, 7) is 3.77. The van der Waals surface area contributed by atoms with Gasteiger partial charge in [-0.05, 0) is 56.3 Å². The quantitative estimate of drug-likeness (QED) is 0.617. The summed E-state index contributed by atoms with van der Waals surface area (Å²) in [4.78, 5) is 30.0. The Balaban J connectivity index is 1.45. The lowest BCUT2D eigenvalue weighted by Crippen LogP contribution is -2.33. The predicted octanol–water partition coefficient (Wildman–Crippen LogP) is 4.30. The van der Waals surface area contributed by atoms with Gasteiger partial charge in [0.15, 0.2) is 0 Å². The lowest BCUT2D eigenvalue weighted by molar-refractivity contribution is 0.102. The molecule has 7 heteroatoms. The van der Waals surface area contributed by atoms with E-state index in [-0.39, 0.29) is 17.0 Å². The molecule has 3 aromatic rings. The zero-order valence-corrected chi connectivity index (χ0v) is 17.4. The Kier molecular flexibility index (Phi) is 6.35. The van der Waals surface area contributed by atoms with E-state index in [2.05, 4.69) is 15.2 Å². The number of likely N-dealkylation sites (tertiary alicyclic amines) is 1. The van der Waals surface area contributed by atoms with Crippen LogP contribution in [0.15, 0.2) is 53.3 Å². The number of hydrogen-bond donors (Lipinski definition) is 2. The van der Waals surface area contributed by atoms with E-state index in [0.717, 1.165) is 19.6 Å². The van der Waals surface area contributed by atoms with Crippen molar-refractivity contribution in [3.63, 3.8) is 0 Å². The standard InChI is InChI=1S/C23H24ClN3O3/c24-16-7-8-21-19(13-16)20(15-22(28)26-21)23(29)25-17-5-4-6-18(14-17)30-12-11-27-9-2-1-3-10-27/h4-8,13-15H,1-3,9-12H2,(H,25,29)(H,26,28). The fourth-order valence-electron chi connectivity index (χ4n) is 3.75. The van der Waals surface area contributed by atoms with Gasteiger partial charge < -0.3 is 15.0 Å². The Morgan fingerprint density at radius 2 is 1.93 bits per heavy atom. The molecule has 0 aliphatic carbocycles. The minimum absolute atomic E-state index is 0.271. The summed E-state index contributed by atoms with van der Waals surface area (Å²) in [7, 11) is 0. The molecule has 30 heavy (non-hydrogen) atoms. The van der Waals surface area contributed by atoms with E-state index in [4.69, 9.17) is 16.3 Å². The van der Waals surface area contributed by atoms with Gasteiger partial charge in [-0.1, -0.05) is 24.1 Å². The molecular weight excluding hydrogens is 402 g/mol. The lowest BCUT2D eigenvalue weighted by atomic mass is 10.1. The minimum Gasteiger partial charge on any atom is -0.492 e. The van der Waals surface area contributed by atoms with Crippen molar-refractivity contribution in [1.82, 2.24) is 9.88 Å². The van der Waals surface area contributed by atoms with Crippen molar-refractivity contribution in [2.75, 3.05) is 31.6 Å². The summed E-state index contributed by atoms with van der Waals surface area (Å²) in [5, 5.41) is 3.94. The first-order chi connectivity index (χ1) is 14.6. The molecule has 0 unspecified atom stereocenters. The number of aromatic amines is 1. The molecule has 6 nitrogen and oxygen atoms in total. The number of ether oxygens (including phenoxy) is 1. The number of benzene rings is 2. The highest BCUT2D eigenvalue weighted by Gasteiger charge is 2.13. The van der Waals surface area contributed by atoms with Crippen LogP contribution in [0.4, 0.5) is 5.69 Å². The highest BCUT2D eigenvalue weighted by atomic mass is 35.5. The van der Waals surface area contributed by atoms with E-state index in [1.54, 1.807) is 30.3 Å². The highest BCUT2D eigenvalue weighted by molar-refractivity contribution is 6.31. The number of nitrogens with one attached hydrogen (secondary N) is 2. The second-order valence-electron chi connectivity index (χ2n) is 7.47. The lowest BCUT2D eigenvalue weighted by Gasteiger charge is -2.26. The largest absolute Gasteiger partial charge is 0.492 e. The van der Waals surface area contributed by atoms with E-state index in [0.29, 0.717) is 34.0 Å². The van der Waals surface area contributed by atoms with Crippen LogP contribution in [0.1, 0.15) is 29.6 Å². The summed E-state index contributed by atoms with van der Waals surface area (Å²) in [5.74, 6) is 0.322. The van der Waals surface area contributed by atoms with Crippen LogP contribution in [-0.4, -0.2) is 42.0 Å². The van der Waals surface area contributed by atoms with Crippen molar-refractivity contribution in [2.45, 2.75) is 19.3 Å². The Labute approximate surface area is 179 Å². The molecular formula is C23H24ClN3O3. The number of hydrogen-bond acceptors (Lipinski definition) is 4. The highest BCUT2D eigenvalue weighted by Crippen LogP contribution is 2.22. The molecule has 4 rings (SSSR count). The molecule has 2 heterocycles. The number of anilines is 1. The normalized spacial score (nSPS) is 14.6. The van der Waals surface area contributed by atoms with Crippen LogP contribution >= 0.6 is 11.6 Å². The first-order valence-corrected chi connectivity index (χ1v) is 10.6. The number of H-pyrrole nitrogens is 1. The van der Waals surface area contributed by atoms with Crippen LogP contribution in [0.25, 0.3) is 10.9 Å². The summed E-state index contributed by atoms with van der Waals surface area (Å²) in [5.41, 5.74) is 1.09. The van der Waals surface area contributed by atoms with Gasteiger partial charge in [0.2, 0.25) is 5.56 Å². The molecule has 1 amide bonds. The maximum absolute atomic E-state index is 12.9. The summed E-state index contributed by atoms with van der Waals surface area (Å²) < 4.78 is 5.88. The van der Waals surface area contributed by atoms with Gasteiger partial charge in [0.25, 0.3) is 5.91 Å². The molecule has 0 atom stereocenters. The van der Waals surface area contributed by atoms with Gasteiger partial charge in [-0.3, -0.25) is 14.5 Å². The molecule has 1 aliphatic heterocycles. The van der Waals surface area contributed by atoms with Crippen LogP contribution in [0.5, 0.6) is 5.75 Å². The van der Waals surface area contributed by atoms with Crippen LogP contribution in [0.3, 0.4) is 0 Å². The molecule has 0 bridgehead atoms. The van der Waals surface area contributed by atoms with Gasteiger partial charge in [0.05, 0.1) is 5.56 Å². The fraction of sp³-hybridized carbons (Fsp3) is 0.304. The second-order valence-corrected chi connectivity index (χ2v) is 7.91. The van der Waals surface area contributed by atoms with Gasteiger partial charge in [0.1, 0.15) is 12.4 Å². The van der Waals surface area contributed by atoms with E-state index in [9.17, 15) is 9.59 Å². The SMILES string of the molecule is O=C(Nc1cccc(OCCN2CCCCC2)c1)c1cc(=O)[nH]c2ccc(Cl)cc12. The number of halogens is 1. The topological polar surface area (TPSA) is 74.4 Å². The number of carbonyl (C=O) groups is 1. The van der Waals surface area contributed by atoms with Crippen LogP contribution < -0.4 is 15.6 Å². The second kappa shape index (κ2) is 9.32. The minimum atomic E-state index is -0.376. The van der Waals surface area contributed by atoms with Crippen molar-refractivity contribution in [3.05, 3.63) is 69.5 Å². The smallest absolute Gasteiger partial charge is 0.256 e. The Morgan fingerprint density at radius 1 is 1.10 bits per heavy atom. The Morgan fingerprint density at radius 3 is 2.77 bits per heavy atom. The first-order valence-electron chi connectivity index (χ1n) is 10.2. The van der Waals surface area contributed by atoms with Gasteiger partial charge in [-0.15, -0.1) is 0 Å². The number of rotatable bonds is 6. The molecule has 2 N–H and O–H groups in total. The molecule has 1 aliphatic rings. The summed E-state index contributed by atoms with van der Waals surface area (Å²) in [6.07, 6.45) is 3.82. The Bertz CT molecular complexity index is 1110. The molecule has 2 aromatic carbocycles. The molecule has 1 fully saturated rings. The third-order valence-electron chi connectivity index (χ3n) is 5.27. The molecule has 1 saturated heterocycles. The first kappa shape index (κ1) is 20.4. The van der Waals surface area contributed by atoms with Crippen molar-refractivity contribution in [3.8, 4) is 5.75 Å². The maximum atomic E-state index is 12.9. The average Bonchev–Trinajstić information content (AvgIpc) is 2.74. The predicted molar refractivity (Wildman–Crippen MR) is 120 cm³/mol. The third-order valence-corrected chi connectivity index (χ3v) is 5.50. The number of carbonyl (C=O) groups excluding carboxylic acids is 1. The zero-order valence-electron chi connectivity index (χ0n) is 16.6. The summed E-state index contributed by atoms with van der Waals surface area (Å²) >= 11 is 6.08. The van der Waals surface area contributed by atoms with E-state index < -0.39 is 0 Å². The number of fused-ring (bicyclic) bond motifs is 1. The van der Waals surface area contributed by atoms with Crippen LogP contribution in [0, 0.1) is 0 Å². The van der Waals surface area contributed by atoms with Crippen molar-refractivity contribution < 1.29 is 9.53 Å². The van der Waals surface area contributed by atoms with Gasteiger partial charge >= 0.3 is 0 Å². The van der Waals surface area contributed by atoms with Crippen molar-refractivity contribution in [1.29, 1.82) is 0 Å². The average molecular weight is 426 g/mol. The monoisotopic (exact) mass is 425 g/mol. The molecule has 0 spiro atoms. The molecule has 0 radical (unpaired) electrons. The third kappa shape index (κ3) is 5.01. The van der Waals surface area contributed by atoms with E-state index in [1.165, 1.54) is 25.3 Å². The zero-order chi connectivity index (χ0) is 20.9. The van der Waals surface area contributed by atoms with E-state index >= 15 is 0 Å². The fourth-order valence-corrected chi connectivity index (χ4v) is 3.92. The number of pyridine rings is 1. The molecule has 1 aromatic heterocycles. The molecule has 0 saturated carbocycles.